The van der Waals surface area contributed by atoms with Gasteiger partial charge in [-0.15, -0.1) is 24.0 Å². The van der Waals surface area contributed by atoms with Crippen LogP contribution in [-0.4, -0.2) is 37.3 Å². The monoisotopic (exact) mass is 457 g/mol. The lowest BCUT2D eigenvalue weighted by Gasteiger charge is -2.12. The molecule has 0 fully saturated rings. The maximum atomic E-state index is 11.1. The van der Waals surface area contributed by atoms with Gasteiger partial charge in [0.25, 0.3) is 0 Å². The number of nitrogens with zero attached hydrogens (tertiary/aromatic N) is 2. The molecule has 2 aromatic rings. The number of guanidine groups is 1. The van der Waals surface area contributed by atoms with Gasteiger partial charge in [-0.3, -0.25) is 10.3 Å². The molecule has 0 aliphatic heterocycles. The van der Waals surface area contributed by atoms with Gasteiger partial charge in [0.15, 0.2) is 5.96 Å². The number of hydrogen-bond acceptors (Lipinski definition) is 3. The molecule has 1 amide bonds. The second kappa shape index (κ2) is 11.3. The Morgan fingerprint density at radius 3 is 2.44 bits per heavy atom. The molecular formula is C17H24IN5O2. The fourth-order valence-electron chi connectivity index (χ4n) is 2.10. The molecule has 0 aliphatic rings. The van der Waals surface area contributed by atoms with Crippen molar-refractivity contribution in [3.05, 3.63) is 54.4 Å². The van der Waals surface area contributed by atoms with Gasteiger partial charge in [0.05, 0.1) is 7.11 Å². The standard InChI is InChI=1S/C17H23N5O2.HI/c1-18-16(19-9-12-22-10-3-4-11-22)20-13-14-5-7-15(8-6-14)21-17(23)24-2;/h3-8,10-11H,9,12-13H2,1-2H3,(H,21,23)(H2,18,19,20);1H. The molecule has 1 heterocycles. The van der Waals surface area contributed by atoms with Crippen LogP contribution >= 0.6 is 24.0 Å². The molecule has 0 atom stereocenters. The summed E-state index contributed by atoms with van der Waals surface area (Å²) in [6, 6.07) is 11.5. The Morgan fingerprint density at radius 1 is 1.16 bits per heavy atom. The average Bonchev–Trinajstić information content (AvgIpc) is 3.12. The molecule has 8 heteroatoms. The van der Waals surface area contributed by atoms with Crippen LogP contribution in [0, 0.1) is 0 Å². The Morgan fingerprint density at radius 2 is 1.84 bits per heavy atom. The van der Waals surface area contributed by atoms with Crippen LogP contribution in [0.3, 0.4) is 0 Å². The maximum Gasteiger partial charge on any atom is 0.411 e. The predicted molar refractivity (Wildman–Crippen MR) is 111 cm³/mol. The Kier molecular flexibility index (Phi) is 9.45. The molecule has 0 bridgehead atoms. The largest absolute Gasteiger partial charge is 0.453 e. The molecule has 1 aromatic carbocycles. The van der Waals surface area contributed by atoms with Crippen molar-refractivity contribution in [3.8, 4) is 0 Å². The lowest BCUT2D eigenvalue weighted by Crippen LogP contribution is -2.38. The van der Waals surface area contributed by atoms with Crippen LogP contribution < -0.4 is 16.0 Å². The molecule has 0 unspecified atom stereocenters. The van der Waals surface area contributed by atoms with Gasteiger partial charge in [-0.05, 0) is 29.8 Å². The Bertz CT molecular complexity index is 656. The second-order valence-corrected chi connectivity index (χ2v) is 5.09. The molecule has 25 heavy (non-hydrogen) atoms. The summed E-state index contributed by atoms with van der Waals surface area (Å²) in [5.74, 6) is 0.749. The lowest BCUT2D eigenvalue weighted by atomic mass is 10.2. The van der Waals surface area contributed by atoms with Crippen LogP contribution in [0.1, 0.15) is 5.56 Å². The number of benzene rings is 1. The van der Waals surface area contributed by atoms with Crippen LogP contribution in [0.4, 0.5) is 10.5 Å². The van der Waals surface area contributed by atoms with Crippen molar-refractivity contribution < 1.29 is 9.53 Å². The number of carbonyl (C=O) groups is 1. The van der Waals surface area contributed by atoms with Crippen LogP contribution in [0.5, 0.6) is 0 Å². The fraction of sp³-hybridized carbons (Fsp3) is 0.294. The third-order valence-corrected chi connectivity index (χ3v) is 3.40. The van der Waals surface area contributed by atoms with E-state index in [1.807, 2.05) is 48.8 Å². The zero-order valence-electron chi connectivity index (χ0n) is 14.4. The van der Waals surface area contributed by atoms with E-state index in [2.05, 4.69) is 30.2 Å². The molecule has 136 valence electrons. The van der Waals surface area contributed by atoms with Gasteiger partial charge < -0.3 is 19.9 Å². The van der Waals surface area contributed by atoms with E-state index in [9.17, 15) is 4.79 Å². The molecule has 2 rings (SSSR count). The Labute approximate surface area is 164 Å². The first-order chi connectivity index (χ1) is 11.7. The van der Waals surface area contributed by atoms with Gasteiger partial charge in [0.2, 0.25) is 0 Å². The lowest BCUT2D eigenvalue weighted by molar-refractivity contribution is 0.187. The third-order valence-electron chi connectivity index (χ3n) is 3.40. The second-order valence-electron chi connectivity index (χ2n) is 5.09. The first-order valence-electron chi connectivity index (χ1n) is 7.70. The van der Waals surface area contributed by atoms with E-state index in [-0.39, 0.29) is 24.0 Å². The van der Waals surface area contributed by atoms with Gasteiger partial charge >= 0.3 is 6.09 Å². The highest BCUT2D eigenvalue weighted by Crippen LogP contribution is 2.09. The molecule has 0 saturated heterocycles. The molecule has 0 saturated carbocycles. The van der Waals surface area contributed by atoms with E-state index in [0.29, 0.717) is 12.2 Å². The minimum atomic E-state index is -0.479. The number of methoxy groups -OCH3 is 1. The summed E-state index contributed by atoms with van der Waals surface area (Å²) in [5.41, 5.74) is 1.78. The highest BCUT2D eigenvalue weighted by atomic mass is 127. The summed E-state index contributed by atoms with van der Waals surface area (Å²) in [5, 5.41) is 9.14. The molecule has 7 nitrogen and oxygen atoms in total. The molecule has 0 spiro atoms. The molecule has 3 N–H and O–H groups in total. The van der Waals surface area contributed by atoms with Gasteiger partial charge in [-0.25, -0.2) is 4.79 Å². The number of aromatic nitrogens is 1. The number of ether oxygens (including phenoxy) is 1. The maximum absolute atomic E-state index is 11.1. The van der Waals surface area contributed by atoms with Crippen molar-refractivity contribution in [2.24, 2.45) is 4.99 Å². The van der Waals surface area contributed by atoms with Crippen molar-refractivity contribution in [3.63, 3.8) is 0 Å². The van der Waals surface area contributed by atoms with Crippen molar-refractivity contribution in [1.82, 2.24) is 15.2 Å². The molecular weight excluding hydrogens is 433 g/mol. The number of carbonyl (C=O) groups excluding carboxylic acids is 1. The molecule has 0 radical (unpaired) electrons. The summed E-state index contributed by atoms with van der Waals surface area (Å²) in [4.78, 5) is 15.3. The fourth-order valence-corrected chi connectivity index (χ4v) is 2.10. The Hall–Kier alpha value is -2.23. The topological polar surface area (TPSA) is 79.7 Å². The van der Waals surface area contributed by atoms with Crippen molar-refractivity contribution >= 4 is 41.7 Å². The average molecular weight is 457 g/mol. The SMILES string of the molecule is CN=C(NCCn1cccc1)NCc1ccc(NC(=O)OC)cc1.I. The smallest absolute Gasteiger partial charge is 0.411 e. The minimum absolute atomic E-state index is 0. The number of aliphatic imine (C=N–C) groups is 1. The summed E-state index contributed by atoms with van der Waals surface area (Å²) in [7, 11) is 3.08. The van der Waals surface area contributed by atoms with Gasteiger partial charge in [-0.1, -0.05) is 12.1 Å². The van der Waals surface area contributed by atoms with E-state index in [1.54, 1.807) is 7.05 Å². The van der Waals surface area contributed by atoms with Crippen LogP contribution in [0.2, 0.25) is 0 Å². The predicted octanol–water partition coefficient (Wildman–Crippen LogP) is 2.65. The van der Waals surface area contributed by atoms with E-state index in [0.717, 1.165) is 24.6 Å². The van der Waals surface area contributed by atoms with E-state index in [4.69, 9.17) is 0 Å². The summed E-state index contributed by atoms with van der Waals surface area (Å²) < 4.78 is 6.66. The number of halogens is 1. The van der Waals surface area contributed by atoms with Crippen LogP contribution in [0.25, 0.3) is 0 Å². The first kappa shape index (κ1) is 20.8. The van der Waals surface area contributed by atoms with E-state index >= 15 is 0 Å². The minimum Gasteiger partial charge on any atom is -0.453 e. The first-order valence-corrected chi connectivity index (χ1v) is 7.70. The van der Waals surface area contributed by atoms with Crippen molar-refractivity contribution in [2.75, 3.05) is 26.0 Å². The van der Waals surface area contributed by atoms with Crippen molar-refractivity contribution in [1.29, 1.82) is 0 Å². The summed E-state index contributed by atoms with van der Waals surface area (Å²) in [6.07, 6.45) is 3.58. The zero-order valence-corrected chi connectivity index (χ0v) is 16.7. The molecule has 0 aliphatic carbocycles. The highest BCUT2D eigenvalue weighted by molar-refractivity contribution is 14.0. The third kappa shape index (κ3) is 7.46. The number of rotatable bonds is 6. The number of nitrogens with one attached hydrogen (secondary N) is 3. The zero-order chi connectivity index (χ0) is 17.2. The number of amides is 1. The van der Waals surface area contributed by atoms with Crippen LogP contribution in [-0.2, 0) is 17.8 Å². The van der Waals surface area contributed by atoms with Gasteiger partial charge in [0, 0.05) is 44.8 Å². The number of hydrogen-bond donors (Lipinski definition) is 3. The summed E-state index contributed by atoms with van der Waals surface area (Å²) in [6.45, 7) is 2.31. The Balaban J connectivity index is 0.00000312. The van der Waals surface area contributed by atoms with Crippen molar-refractivity contribution in [2.45, 2.75) is 13.1 Å². The van der Waals surface area contributed by atoms with Crippen LogP contribution in [0.15, 0.2) is 53.8 Å². The van der Waals surface area contributed by atoms with E-state index in [1.165, 1.54) is 7.11 Å². The highest BCUT2D eigenvalue weighted by Gasteiger charge is 2.01. The number of anilines is 1. The van der Waals surface area contributed by atoms with Gasteiger partial charge in [-0.2, -0.15) is 0 Å². The summed E-state index contributed by atoms with van der Waals surface area (Å²) >= 11 is 0. The van der Waals surface area contributed by atoms with Gasteiger partial charge in [0.1, 0.15) is 0 Å². The van der Waals surface area contributed by atoms with E-state index < -0.39 is 6.09 Å². The molecule has 1 aromatic heterocycles. The normalized spacial score (nSPS) is 10.6. The quantitative estimate of drug-likeness (QED) is 0.354.